The Labute approximate surface area is 169 Å². The molecule has 2 aromatic rings. The van der Waals surface area contributed by atoms with Gasteiger partial charge in [-0.3, -0.25) is 10.0 Å². The van der Waals surface area contributed by atoms with E-state index in [1.165, 1.54) is 0 Å². The summed E-state index contributed by atoms with van der Waals surface area (Å²) in [4.78, 5) is 23.8. The lowest BCUT2D eigenvalue weighted by molar-refractivity contribution is -0.131. The van der Waals surface area contributed by atoms with Gasteiger partial charge >= 0.3 is 6.03 Å². The van der Waals surface area contributed by atoms with E-state index < -0.39 is 18.0 Å². The molecule has 10 nitrogen and oxygen atoms in total. The Hall–Kier alpha value is -3.14. The van der Waals surface area contributed by atoms with Gasteiger partial charge in [0.05, 0.1) is 25.9 Å². The summed E-state index contributed by atoms with van der Waals surface area (Å²) in [5.74, 6) is 0.257. The van der Waals surface area contributed by atoms with Crippen molar-refractivity contribution in [1.82, 2.24) is 31.1 Å². The maximum absolute atomic E-state index is 12.1. The number of carbonyl (C=O) groups is 2. The van der Waals surface area contributed by atoms with E-state index in [1.807, 2.05) is 45.0 Å². The molecular weight excluding hydrogens is 376 g/mol. The van der Waals surface area contributed by atoms with Crippen LogP contribution in [0.1, 0.15) is 44.5 Å². The van der Waals surface area contributed by atoms with E-state index in [0.29, 0.717) is 12.1 Å². The van der Waals surface area contributed by atoms with Gasteiger partial charge in [0.25, 0.3) is 5.91 Å². The fourth-order valence-electron chi connectivity index (χ4n) is 2.90. The van der Waals surface area contributed by atoms with E-state index in [9.17, 15) is 9.59 Å². The number of hydrogen-bond donors (Lipinski definition) is 4. The summed E-state index contributed by atoms with van der Waals surface area (Å²) in [6, 6.07) is 6.18. The molecule has 29 heavy (non-hydrogen) atoms. The quantitative estimate of drug-likeness (QED) is 0.371. The first-order chi connectivity index (χ1) is 13.8. The molecule has 158 valence electrons. The van der Waals surface area contributed by atoms with Gasteiger partial charge in [-0.15, -0.1) is 5.10 Å². The van der Waals surface area contributed by atoms with Crippen LogP contribution in [-0.2, 0) is 11.3 Å². The van der Waals surface area contributed by atoms with Crippen LogP contribution < -0.4 is 20.9 Å². The van der Waals surface area contributed by atoms with Crippen LogP contribution in [0.3, 0.4) is 0 Å². The zero-order chi connectivity index (χ0) is 21.4. The SMILES string of the molecule is COc1ccccc1C(C)n1cc(CNC(=O)N[C@@H](CC(C)C)C(=O)NO)nn1. The Kier molecular flexibility index (Phi) is 7.96. The number of methoxy groups -OCH3 is 1. The molecule has 0 aliphatic carbocycles. The number of benzene rings is 1. The molecule has 1 aromatic heterocycles. The van der Waals surface area contributed by atoms with Crippen molar-refractivity contribution >= 4 is 11.9 Å². The topological polar surface area (TPSA) is 130 Å². The minimum Gasteiger partial charge on any atom is -0.496 e. The van der Waals surface area contributed by atoms with Crippen molar-refractivity contribution in [2.24, 2.45) is 5.92 Å². The number of hydroxylamine groups is 1. The van der Waals surface area contributed by atoms with Gasteiger partial charge in [-0.05, 0) is 25.3 Å². The summed E-state index contributed by atoms with van der Waals surface area (Å²) in [7, 11) is 1.62. The predicted molar refractivity (Wildman–Crippen MR) is 105 cm³/mol. The Balaban J connectivity index is 1.96. The molecular formula is C19H28N6O4. The van der Waals surface area contributed by atoms with Crippen LogP contribution in [0.25, 0.3) is 0 Å². The smallest absolute Gasteiger partial charge is 0.315 e. The van der Waals surface area contributed by atoms with Gasteiger partial charge in [-0.2, -0.15) is 0 Å². The van der Waals surface area contributed by atoms with Gasteiger partial charge in [-0.1, -0.05) is 37.3 Å². The van der Waals surface area contributed by atoms with E-state index in [2.05, 4.69) is 20.9 Å². The summed E-state index contributed by atoms with van der Waals surface area (Å²) in [6.45, 7) is 5.94. The summed E-state index contributed by atoms with van der Waals surface area (Å²) in [6.07, 6.45) is 2.13. The van der Waals surface area contributed by atoms with Gasteiger partial charge in [0, 0.05) is 5.56 Å². The Bertz CT molecular complexity index is 823. The molecule has 0 bridgehead atoms. The third-order valence-electron chi connectivity index (χ3n) is 4.41. The minimum absolute atomic E-state index is 0.107. The molecule has 0 saturated carbocycles. The lowest BCUT2D eigenvalue weighted by Crippen LogP contribution is -2.49. The lowest BCUT2D eigenvalue weighted by atomic mass is 10.0. The fraction of sp³-hybridized carbons (Fsp3) is 0.474. The largest absolute Gasteiger partial charge is 0.496 e. The predicted octanol–water partition coefficient (Wildman–Crippen LogP) is 1.62. The van der Waals surface area contributed by atoms with Gasteiger partial charge in [0.2, 0.25) is 0 Å². The number of para-hydroxylation sites is 1. The third-order valence-corrected chi connectivity index (χ3v) is 4.41. The van der Waals surface area contributed by atoms with Crippen molar-refractivity contribution in [3.63, 3.8) is 0 Å². The van der Waals surface area contributed by atoms with Crippen molar-refractivity contribution < 1.29 is 19.5 Å². The number of carbonyl (C=O) groups excluding carboxylic acids is 2. The summed E-state index contributed by atoms with van der Waals surface area (Å²) in [5.41, 5.74) is 3.10. The zero-order valence-electron chi connectivity index (χ0n) is 17.0. The maximum Gasteiger partial charge on any atom is 0.315 e. The minimum atomic E-state index is -0.832. The molecule has 0 radical (unpaired) electrons. The van der Waals surface area contributed by atoms with Crippen LogP contribution in [-0.4, -0.2) is 45.3 Å². The van der Waals surface area contributed by atoms with Gasteiger partial charge in [0.15, 0.2) is 0 Å². The number of aromatic nitrogens is 3. The standard InChI is InChI=1S/C19H28N6O4/c1-12(2)9-16(18(26)23-28)21-19(27)20-10-14-11-25(24-22-14)13(3)15-7-5-6-8-17(15)29-4/h5-8,11-13,16,28H,9-10H2,1-4H3,(H,23,26)(H2,20,21,27)/t13?,16-/m0/s1. The Morgan fingerprint density at radius 3 is 2.62 bits per heavy atom. The van der Waals surface area contributed by atoms with Gasteiger partial charge in [0.1, 0.15) is 17.5 Å². The summed E-state index contributed by atoms with van der Waals surface area (Å²) >= 11 is 0. The molecule has 0 spiro atoms. The van der Waals surface area contributed by atoms with Crippen LogP contribution in [0.15, 0.2) is 30.5 Å². The molecule has 0 aliphatic heterocycles. The monoisotopic (exact) mass is 404 g/mol. The summed E-state index contributed by atoms with van der Waals surface area (Å²) in [5, 5.41) is 22.2. The highest BCUT2D eigenvalue weighted by Gasteiger charge is 2.21. The molecule has 0 aliphatic rings. The molecule has 1 heterocycles. The van der Waals surface area contributed by atoms with E-state index in [0.717, 1.165) is 11.3 Å². The molecule has 10 heteroatoms. The second-order valence-electron chi connectivity index (χ2n) is 7.09. The molecule has 1 aromatic carbocycles. The number of ether oxygens (including phenoxy) is 1. The zero-order valence-corrected chi connectivity index (χ0v) is 17.0. The summed E-state index contributed by atoms with van der Waals surface area (Å²) < 4.78 is 7.08. The lowest BCUT2D eigenvalue weighted by Gasteiger charge is -2.18. The first-order valence-electron chi connectivity index (χ1n) is 9.37. The highest BCUT2D eigenvalue weighted by Crippen LogP contribution is 2.26. The Morgan fingerprint density at radius 1 is 1.24 bits per heavy atom. The van der Waals surface area contributed by atoms with Gasteiger partial charge in [-0.25, -0.2) is 15.0 Å². The normalized spacial score (nSPS) is 12.9. The second kappa shape index (κ2) is 10.4. The molecule has 3 amide bonds. The van der Waals surface area contributed by atoms with Crippen LogP contribution in [0.4, 0.5) is 4.79 Å². The van der Waals surface area contributed by atoms with Crippen LogP contribution >= 0.6 is 0 Å². The van der Waals surface area contributed by atoms with Crippen molar-refractivity contribution in [2.45, 2.75) is 45.8 Å². The molecule has 0 saturated heterocycles. The van der Waals surface area contributed by atoms with Crippen molar-refractivity contribution in [3.05, 3.63) is 41.7 Å². The van der Waals surface area contributed by atoms with Crippen LogP contribution in [0.2, 0.25) is 0 Å². The van der Waals surface area contributed by atoms with Crippen molar-refractivity contribution in [3.8, 4) is 5.75 Å². The second-order valence-corrected chi connectivity index (χ2v) is 7.09. The number of amides is 3. The maximum atomic E-state index is 12.1. The molecule has 2 rings (SSSR count). The Morgan fingerprint density at radius 2 is 1.97 bits per heavy atom. The molecule has 2 atom stereocenters. The van der Waals surface area contributed by atoms with Gasteiger partial charge < -0.3 is 15.4 Å². The van der Waals surface area contributed by atoms with Crippen LogP contribution in [0.5, 0.6) is 5.75 Å². The van der Waals surface area contributed by atoms with E-state index in [1.54, 1.807) is 23.5 Å². The number of urea groups is 1. The number of rotatable bonds is 9. The average molecular weight is 404 g/mol. The number of nitrogens with zero attached hydrogens (tertiary/aromatic N) is 3. The molecule has 1 unspecified atom stereocenters. The fourth-order valence-corrected chi connectivity index (χ4v) is 2.90. The van der Waals surface area contributed by atoms with E-state index in [4.69, 9.17) is 9.94 Å². The average Bonchev–Trinajstić information content (AvgIpc) is 3.19. The van der Waals surface area contributed by atoms with Crippen LogP contribution in [0, 0.1) is 5.92 Å². The first kappa shape index (κ1) is 22.2. The first-order valence-corrected chi connectivity index (χ1v) is 9.37. The highest BCUT2D eigenvalue weighted by atomic mass is 16.5. The third kappa shape index (κ3) is 6.18. The van der Waals surface area contributed by atoms with E-state index >= 15 is 0 Å². The van der Waals surface area contributed by atoms with E-state index in [-0.39, 0.29) is 18.5 Å². The molecule has 0 fully saturated rings. The highest BCUT2D eigenvalue weighted by molar-refractivity contribution is 5.86. The van der Waals surface area contributed by atoms with Crippen molar-refractivity contribution in [2.75, 3.05) is 7.11 Å². The number of nitrogens with one attached hydrogen (secondary N) is 3. The number of hydrogen-bond acceptors (Lipinski definition) is 6. The molecule has 4 N–H and O–H groups in total. The van der Waals surface area contributed by atoms with Crippen molar-refractivity contribution in [1.29, 1.82) is 0 Å².